The van der Waals surface area contributed by atoms with Gasteiger partial charge < -0.3 is 15.1 Å². The number of piperidine rings is 1. The van der Waals surface area contributed by atoms with Gasteiger partial charge >= 0.3 is 0 Å². The summed E-state index contributed by atoms with van der Waals surface area (Å²) in [5, 5.41) is 11.6. The fourth-order valence-electron chi connectivity index (χ4n) is 3.95. The van der Waals surface area contributed by atoms with Crippen molar-refractivity contribution < 1.29 is 13.2 Å². The van der Waals surface area contributed by atoms with Crippen molar-refractivity contribution >= 4 is 44.0 Å². The van der Waals surface area contributed by atoms with Gasteiger partial charge in [0.2, 0.25) is 5.91 Å². The fourth-order valence-corrected chi connectivity index (χ4v) is 6.61. The second kappa shape index (κ2) is 9.05. The van der Waals surface area contributed by atoms with Crippen LogP contribution in [0.4, 0.5) is 16.8 Å². The van der Waals surface area contributed by atoms with Gasteiger partial charge in [0.15, 0.2) is 21.0 Å². The van der Waals surface area contributed by atoms with Crippen LogP contribution in [0.5, 0.6) is 0 Å². The van der Waals surface area contributed by atoms with Gasteiger partial charge in [0.25, 0.3) is 10.0 Å². The number of carbonyl (C=O) groups is 1. The van der Waals surface area contributed by atoms with Crippen LogP contribution >= 0.6 is 11.3 Å². The number of carbonyl (C=O) groups excluding carboxylic acids is 1. The molecule has 0 bridgehead atoms. The van der Waals surface area contributed by atoms with Gasteiger partial charge in [-0.25, -0.2) is 13.4 Å². The number of anilines is 3. The molecule has 2 aromatic heterocycles. The molecule has 1 N–H and O–H groups in total. The first kappa shape index (κ1) is 21.9. The Morgan fingerprint density at radius 3 is 2.45 bits per heavy atom. The number of nitrogens with one attached hydrogen (secondary N) is 1. The third-order valence-electron chi connectivity index (χ3n) is 5.66. The van der Waals surface area contributed by atoms with Gasteiger partial charge in [0.05, 0.1) is 6.20 Å². The number of hydrogen-bond donors (Lipinski definition) is 1. The van der Waals surface area contributed by atoms with Crippen LogP contribution in [0.2, 0.25) is 0 Å². The summed E-state index contributed by atoms with van der Waals surface area (Å²) in [6.07, 6.45) is 4.90. The second-order valence-electron chi connectivity index (χ2n) is 7.84. The quantitative estimate of drug-likeness (QED) is 0.711. The van der Waals surface area contributed by atoms with Crippen LogP contribution in [0.15, 0.2) is 22.5 Å². The van der Waals surface area contributed by atoms with Crippen molar-refractivity contribution in [2.45, 2.75) is 43.4 Å². The molecule has 2 fully saturated rings. The largest absolute Gasteiger partial charge is 0.352 e. The minimum Gasteiger partial charge on any atom is -0.352 e. The number of rotatable bonds is 5. The lowest BCUT2D eigenvalue weighted by molar-refractivity contribution is -0.114. The highest BCUT2D eigenvalue weighted by molar-refractivity contribution is 7.91. The topological polar surface area (TPSA) is 112 Å². The lowest BCUT2D eigenvalue weighted by Gasteiger charge is -2.35. The highest BCUT2D eigenvalue weighted by Gasteiger charge is 2.31. The van der Waals surface area contributed by atoms with E-state index in [0.717, 1.165) is 29.5 Å². The van der Waals surface area contributed by atoms with Crippen LogP contribution in [0.3, 0.4) is 0 Å². The molecule has 1 atom stereocenters. The van der Waals surface area contributed by atoms with Gasteiger partial charge in [0, 0.05) is 45.7 Å². The number of aromatic nitrogens is 3. The lowest BCUT2D eigenvalue weighted by atomic mass is 10.0. The summed E-state index contributed by atoms with van der Waals surface area (Å²) in [6.45, 7) is 6.35. The molecule has 168 valence electrons. The third kappa shape index (κ3) is 4.80. The van der Waals surface area contributed by atoms with E-state index in [1.54, 1.807) is 0 Å². The van der Waals surface area contributed by atoms with Gasteiger partial charge in [-0.3, -0.25) is 4.79 Å². The Hall–Kier alpha value is -2.31. The highest BCUT2D eigenvalue weighted by Crippen LogP contribution is 2.28. The van der Waals surface area contributed by atoms with Crippen molar-refractivity contribution in [3.63, 3.8) is 0 Å². The SMILES string of the molecule is CC(=O)Nc1ncc(S(=O)(=O)N2CCN(c3ccc(N4CCCCC4C)nn3)CC2)s1. The third-order valence-corrected chi connectivity index (χ3v) is 8.91. The van der Waals surface area contributed by atoms with Crippen molar-refractivity contribution in [1.29, 1.82) is 0 Å². The van der Waals surface area contributed by atoms with Gasteiger partial charge in [-0.1, -0.05) is 11.3 Å². The van der Waals surface area contributed by atoms with E-state index >= 15 is 0 Å². The van der Waals surface area contributed by atoms with E-state index < -0.39 is 10.0 Å². The molecule has 31 heavy (non-hydrogen) atoms. The zero-order valence-electron chi connectivity index (χ0n) is 17.7. The molecule has 10 nitrogen and oxygen atoms in total. The fraction of sp³-hybridized carbons (Fsp3) is 0.579. The van der Waals surface area contributed by atoms with Gasteiger partial charge in [0.1, 0.15) is 0 Å². The van der Waals surface area contributed by atoms with Crippen molar-refractivity contribution in [3.8, 4) is 0 Å². The molecule has 2 aliphatic heterocycles. The zero-order chi connectivity index (χ0) is 22.0. The van der Waals surface area contributed by atoms with E-state index in [1.165, 1.54) is 36.7 Å². The number of amides is 1. The van der Waals surface area contributed by atoms with E-state index in [4.69, 9.17) is 0 Å². The number of hydrogen-bond acceptors (Lipinski definition) is 9. The average Bonchev–Trinajstić information content (AvgIpc) is 3.23. The normalized spacial score (nSPS) is 20.6. The molecule has 0 aliphatic carbocycles. The number of nitrogens with zero attached hydrogens (tertiary/aromatic N) is 6. The summed E-state index contributed by atoms with van der Waals surface area (Å²) in [5.41, 5.74) is 0. The van der Waals surface area contributed by atoms with E-state index in [2.05, 4.69) is 37.2 Å². The Morgan fingerprint density at radius 1 is 1.10 bits per heavy atom. The molecule has 1 amide bonds. The maximum atomic E-state index is 12.9. The first-order valence-corrected chi connectivity index (χ1v) is 12.7. The Kier molecular flexibility index (Phi) is 6.39. The van der Waals surface area contributed by atoms with Gasteiger partial charge in [-0.2, -0.15) is 4.31 Å². The van der Waals surface area contributed by atoms with Crippen molar-refractivity contribution in [1.82, 2.24) is 19.5 Å². The predicted molar refractivity (Wildman–Crippen MR) is 120 cm³/mol. The Balaban J connectivity index is 1.38. The van der Waals surface area contributed by atoms with Crippen molar-refractivity contribution in [3.05, 3.63) is 18.3 Å². The molecule has 0 radical (unpaired) electrons. The van der Waals surface area contributed by atoms with E-state index in [1.807, 2.05) is 12.1 Å². The Morgan fingerprint density at radius 2 is 1.81 bits per heavy atom. The molecule has 1 unspecified atom stereocenters. The maximum absolute atomic E-state index is 12.9. The molecule has 4 heterocycles. The van der Waals surface area contributed by atoms with Gasteiger partial charge in [-0.15, -0.1) is 10.2 Å². The number of sulfonamides is 1. The number of thiazole rings is 1. The Bertz CT molecular complexity index is 1020. The van der Waals surface area contributed by atoms with E-state index in [-0.39, 0.29) is 15.2 Å². The molecular weight excluding hydrogens is 438 g/mol. The number of piperazine rings is 1. The minimum atomic E-state index is -3.64. The molecule has 0 saturated carbocycles. The predicted octanol–water partition coefficient (Wildman–Crippen LogP) is 1.78. The van der Waals surface area contributed by atoms with Crippen LogP contribution in [0.25, 0.3) is 0 Å². The van der Waals surface area contributed by atoms with Crippen LogP contribution < -0.4 is 15.1 Å². The van der Waals surface area contributed by atoms with Crippen LogP contribution in [0, 0.1) is 0 Å². The molecule has 2 saturated heterocycles. The molecular formula is C19H27N7O3S2. The first-order chi connectivity index (χ1) is 14.8. The van der Waals surface area contributed by atoms with E-state index in [9.17, 15) is 13.2 Å². The van der Waals surface area contributed by atoms with Crippen LogP contribution in [0.1, 0.15) is 33.1 Å². The summed E-state index contributed by atoms with van der Waals surface area (Å²) >= 11 is 0.961. The standard InChI is InChI=1S/C19H27N7O3S2/c1-14-5-3-4-8-26(14)17-7-6-16(22-23-17)24-9-11-25(12-10-24)31(28,29)18-13-20-19(30-18)21-15(2)27/h6-7,13-14H,3-5,8-12H2,1-2H3,(H,20,21,27). The molecule has 12 heteroatoms. The van der Waals surface area contributed by atoms with Crippen molar-refractivity contribution in [2.75, 3.05) is 47.8 Å². The van der Waals surface area contributed by atoms with Crippen LogP contribution in [-0.4, -0.2) is 72.6 Å². The molecule has 0 aromatic carbocycles. The molecule has 2 aliphatic rings. The second-order valence-corrected chi connectivity index (χ2v) is 11.0. The van der Waals surface area contributed by atoms with E-state index in [0.29, 0.717) is 32.2 Å². The van der Waals surface area contributed by atoms with Crippen LogP contribution in [-0.2, 0) is 14.8 Å². The zero-order valence-corrected chi connectivity index (χ0v) is 19.3. The summed E-state index contributed by atoms with van der Waals surface area (Å²) in [6, 6.07) is 4.45. The molecule has 0 spiro atoms. The highest BCUT2D eigenvalue weighted by atomic mass is 32.2. The maximum Gasteiger partial charge on any atom is 0.254 e. The average molecular weight is 466 g/mol. The molecule has 4 rings (SSSR count). The minimum absolute atomic E-state index is 0.129. The van der Waals surface area contributed by atoms with Crippen molar-refractivity contribution in [2.24, 2.45) is 0 Å². The molecule has 2 aromatic rings. The summed E-state index contributed by atoms with van der Waals surface area (Å²) in [4.78, 5) is 19.5. The summed E-state index contributed by atoms with van der Waals surface area (Å²) < 4.78 is 27.4. The smallest absolute Gasteiger partial charge is 0.254 e. The summed E-state index contributed by atoms with van der Waals surface area (Å²) in [5.74, 6) is 1.38. The monoisotopic (exact) mass is 465 g/mol. The first-order valence-electron chi connectivity index (χ1n) is 10.4. The van der Waals surface area contributed by atoms with Gasteiger partial charge in [-0.05, 0) is 38.3 Å². The lowest BCUT2D eigenvalue weighted by Crippen LogP contribution is -2.48. The Labute approximate surface area is 186 Å². The summed E-state index contributed by atoms with van der Waals surface area (Å²) in [7, 11) is -3.64.